The number of nitrogens with zero attached hydrogens (tertiary/aromatic N) is 2. The largest absolute Gasteiger partial charge is 0.469 e. The van der Waals surface area contributed by atoms with Crippen molar-refractivity contribution in [3.05, 3.63) is 0 Å². The summed E-state index contributed by atoms with van der Waals surface area (Å²) >= 11 is 0. The van der Waals surface area contributed by atoms with Gasteiger partial charge in [0.1, 0.15) is 0 Å². The van der Waals surface area contributed by atoms with E-state index >= 15 is 0 Å². The molecular formula is C12H22N2O4. The quantitative estimate of drug-likeness (QED) is 0.611. The zero-order valence-electron chi connectivity index (χ0n) is 11.2. The molecule has 0 saturated carbocycles. The molecule has 1 fully saturated rings. The Morgan fingerprint density at radius 2 is 1.67 bits per heavy atom. The first-order valence-electron chi connectivity index (χ1n) is 6.33. The van der Waals surface area contributed by atoms with E-state index in [1.54, 1.807) is 0 Å². The zero-order valence-corrected chi connectivity index (χ0v) is 11.2. The first-order valence-corrected chi connectivity index (χ1v) is 6.33. The molecule has 0 aromatic carbocycles. The maximum Gasteiger partial charge on any atom is 0.320 e. The van der Waals surface area contributed by atoms with Crippen LogP contribution in [0.25, 0.3) is 0 Å². The third-order valence-electron chi connectivity index (χ3n) is 2.98. The number of ether oxygens (including phenoxy) is 2. The van der Waals surface area contributed by atoms with Crippen LogP contribution in [0.1, 0.15) is 13.3 Å². The molecule has 0 amide bonds. The van der Waals surface area contributed by atoms with E-state index in [0.29, 0.717) is 19.6 Å². The highest BCUT2D eigenvalue weighted by molar-refractivity contribution is 5.71. The summed E-state index contributed by atoms with van der Waals surface area (Å²) in [6.07, 6.45) is 0.425. The number of carbonyl (C=O) groups excluding carboxylic acids is 2. The van der Waals surface area contributed by atoms with Crippen LogP contribution in [0, 0.1) is 0 Å². The van der Waals surface area contributed by atoms with Gasteiger partial charge in [0.05, 0.1) is 26.7 Å². The first kappa shape index (κ1) is 14.9. The van der Waals surface area contributed by atoms with Gasteiger partial charge < -0.3 is 14.4 Å². The molecule has 104 valence electrons. The van der Waals surface area contributed by atoms with Crippen LogP contribution in [0.2, 0.25) is 0 Å². The minimum absolute atomic E-state index is 0.166. The lowest BCUT2D eigenvalue weighted by Crippen LogP contribution is -2.48. The van der Waals surface area contributed by atoms with Crippen LogP contribution >= 0.6 is 0 Å². The molecule has 0 unspecified atom stereocenters. The van der Waals surface area contributed by atoms with Crippen molar-refractivity contribution < 1.29 is 19.1 Å². The summed E-state index contributed by atoms with van der Waals surface area (Å²) in [6.45, 7) is 6.73. The van der Waals surface area contributed by atoms with Gasteiger partial charge in [-0.1, -0.05) is 0 Å². The molecule has 0 bridgehead atoms. The Balaban J connectivity index is 2.16. The van der Waals surface area contributed by atoms with E-state index in [2.05, 4.69) is 14.5 Å². The number of rotatable bonds is 6. The van der Waals surface area contributed by atoms with Crippen molar-refractivity contribution in [3.63, 3.8) is 0 Å². The van der Waals surface area contributed by atoms with Gasteiger partial charge in [-0.2, -0.15) is 0 Å². The molecule has 1 aliphatic heterocycles. The van der Waals surface area contributed by atoms with E-state index in [1.807, 2.05) is 6.92 Å². The summed E-state index contributed by atoms with van der Waals surface area (Å²) in [7, 11) is 1.40. The third-order valence-corrected chi connectivity index (χ3v) is 2.98. The topological polar surface area (TPSA) is 59.1 Å². The van der Waals surface area contributed by atoms with Gasteiger partial charge in [0, 0.05) is 32.7 Å². The number of carbonyl (C=O) groups is 2. The van der Waals surface area contributed by atoms with Gasteiger partial charge in [0.25, 0.3) is 0 Å². The predicted molar refractivity (Wildman–Crippen MR) is 66.1 cm³/mol. The molecule has 0 aliphatic carbocycles. The van der Waals surface area contributed by atoms with Gasteiger partial charge in [-0.3, -0.25) is 14.5 Å². The molecule has 1 aliphatic rings. The molecule has 6 nitrogen and oxygen atoms in total. The number of hydrogen-bond acceptors (Lipinski definition) is 6. The average Bonchev–Trinajstić information content (AvgIpc) is 2.37. The van der Waals surface area contributed by atoms with Crippen LogP contribution in [-0.4, -0.2) is 74.7 Å². The number of esters is 2. The van der Waals surface area contributed by atoms with Gasteiger partial charge in [0.15, 0.2) is 0 Å². The first-order chi connectivity index (χ1) is 8.65. The second-order valence-electron chi connectivity index (χ2n) is 4.25. The Hall–Kier alpha value is -1.14. The van der Waals surface area contributed by atoms with Gasteiger partial charge in [-0.15, -0.1) is 0 Å². The van der Waals surface area contributed by atoms with Crippen LogP contribution in [-0.2, 0) is 19.1 Å². The van der Waals surface area contributed by atoms with Crippen LogP contribution in [0.3, 0.4) is 0 Å². The smallest absolute Gasteiger partial charge is 0.320 e. The normalized spacial score (nSPS) is 17.4. The lowest BCUT2D eigenvalue weighted by atomic mass is 10.3. The SMILES string of the molecule is CCOC(=O)CN1CCN(CCC(=O)OC)CC1. The molecule has 0 aromatic rings. The molecule has 0 spiro atoms. The highest BCUT2D eigenvalue weighted by atomic mass is 16.5. The van der Waals surface area contributed by atoms with Crippen LogP contribution < -0.4 is 0 Å². The van der Waals surface area contributed by atoms with E-state index in [-0.39, 0.29) is 11.9 Å². The molecule has 0 radical (unpaired) electrons. The van der Waals surface area contributed by atoms with Crippen molar-refractivity contribution in [1.29, 1.82) is 0 Å². The summed E-state index contributed by atoms with van der Waals surface area (Å²) in [6, 6.07) is 0. The second-order valence-corrected chi connectivity index (χ2v) is 4.25. The Kier molecular flexibility index (Phi) is 6.67. The number of piperazine rings is 1. The maximum atomic E-state index is 11.3. The van der Waals surface area contributed by atoms with Gasteiger partial charge >= 0.3 is 11.9 Å². The molecule has 0 atom stereocenters. The fourth-order valence-electron chi connectivity index (χ4n) is 1.91. The Bertz CT molecular complexity index is 275. The monoisotopic (exact) mass is 258 g/mol. The Labute approximate surface area is 108 Å². The van der Waals surface area contributed by atoms with Gasteiger partial charge in [-0.05, 0) is 6.92 Å². The molecule has 0 N–H and O–H groups in total. The Morgan fingerprint density at radius 1 is 1.06 bits per heavy atom. The fraction of sp³-hybridized carbons (Fsp3) is 0.833. The summed E-state index contributed by atoms with van der Waals surface area (Å²) in [4.78, 5) is 26.6. The average molecular weight is 258 g/mol. The predicted octanol–water partition coefficient (Wildman–Crippen LogP) is -0.270. The zero-order chi connectivity index (χ0) is 13.4. The van der Waals surface area contributed by atoms with E-state index < -0.39 is 0 Å². The molecular weight excluding hydrogens is 236 g/mol. The molecule has 0 aromatic heterocycles. The summed E-state index contributed by atoms with van der Waals surface area (Å²) < 4.78 is 9.51. The van der Waals surface area contributed by atoms with Crippen LogP contribution in [0.5, 0.6) is 0 Å². The highest BCUT2D eigenvalue weighted by Crippen LogP contribution is 2.03. The molecule has 6 heteroatoms. The van der Waals surface area contributed by atoms with Gasteiger partial charge in [-0.25, -0.2) is 0 Å². The number of hydrogen-bond donors (Lipinski definition) is 0. The summed E-state index contributed by atoms with van der Waals surface area (Å²) in [5.74, 6) is -0.343. The lowest BCUT2D eigenvalue weighted by molar-refractivity contribution is -0.144. The van der Waals surface area contributed by atoms with Crippen molar-refractivity contribution in [3.8, 4) is 0 Å². The lowest BCUT2D eigenvalue weighted by Gasteiger charge is -2.33. The van der Waals surface area contributed by atoms with Crippen molar-refractivity contribution in [2.24, 2.45) is 0 Å². The Morgan fingerprint density at radius 3 is 2.22 bits per heavy atom. The fourth-order valence-corrected chi connectivity index (χ4v) is 1.91. The van der Waals surface area contributed by atoms with Crippen molar-refractivity contribution in [2.45, 2.75) is 13.3 Å². The van der Waals surface area contributed by atoms with E-state index in [1.165, 1.54) is 7.11 Å². The van der Waals surface area contributed by atoms with Crippen molar-refractivity contribution in [2.75, 3.05) is 53.0 Å². The van der Waals surface area contributed by atoms with Crippen molar-refractivity contribution >= 4 is 11.9 Å². The molecule has 1 heterocycles. The number of methoxy groups -OCH3 is 1. The van der Waals surface area contributed by atoms with Crippen molar-refractivity contribution in [1.82, 2.24) is 9.80 Å². The minimum atomic E-state index is -0.177. The van der Waals surface area contributed by atoms with Crippen LogP contribution in [0.4, 0.5) is 0 Å². The minimum Gasteiger partial charge on any atom is -0.469 e. The van der Waals surface area contributed by atoms with Gasteiger partial charge in [0.2, 0.25) is 0 Å². The maximum absolute atomic E-state index is 11.3. The second kappa shape index (κ2) is 8.05. The highest BCUT2D eigenvalue weighted by Gasteiger charge is 2.19. The molecule has 18 heavy (non-hydrogen) atoms. The summed E-state index contributed by atoms with van der Waals surface area (Å²) in [5.41, 5.74) is 0. The standard InChI is InChI=1S/C12H22N2O4/c1-3-18-12(16)10-14-8-6-13(7-9-14)5-4-11(15)17-2/h3-10H2,1-2H3. The third kappa shape index (κ3) is 5.46. The van der Waals surface area contributed by atoms with E-state index in [4.69, 9.17) is 4.74 Å². The van der Waals surface area contributed by atoms with Crippen LogP contribution in [0.15, 0.2) is 0 Å². The molecule has 1 saturated heterocycles. The molecule has 1 rings (SSSR count). The summed E-state index contributed by atoms with van der Waals surface area (Å²) in [5, 5.41) is 0. The van der Waals surface area contributed by atoms with E-state index in [0.717, 1.165) is 32.7 Å². The van der Waals surface area contributed by atoms with E-state index in [9.17, 15) is 9.59 Å².